The minimum atomic E-state index is -5.06. The molecule has 8 nitrogen and oxygen atoms in total. The lowest BCUT2D eigenvalue weighted by atomic mass is 9.90. The lowest BCUT2D eigenvalue weighted by Gasteiger charge is -2.39. The second-order valence-electron chi connectivity index (χ2n) is 9.11. The SMILES string of the molecule is Cc1cc(COc2ccc(N(C(=O)C(F)(F)F)C3CNCCC3c3nc(=S)[nH][nH]3)cc2)c2ccccc2n1. The molecule has 1 saturated heterocycles. The molecule has 4 aromatic rings. The van der Waals surface area contributed by atoms with Gasteiger partial charge in [0.05, 0.1) is 11.6 Å². The van der Waals surface area contributed by atoms with Crippen LogP contribution in [0.1, 0.15) is 29.4 Å². The van der Waals surface area contributed by atoms with Gasteiger partial charge in [-0.05, 0) is 68.5 Å². The van der Waals surface area contributed by atoms with Gasteiger partial charge < -0.3 is 10.1 Å². The van der Waals surface area contributed by atoms with Gasteiger partial charge in [0.15, 0.2) is 0 Å². The van der Waals surface area contributed by atoms with Gasteiger partial charge >= 0.3 is 12.1 Å². The molecule has 5 rings (SSSR count). The number of halogens is 3. The molecule has 2 atom stereocenters. The number of fused-ring (bicyclic) bond motifs is 1. The Morgan fingerprint density at radius 2 is 1.89 bits per heavy atom. The number of hydrogen-bond donors (Lipinski definition) is 3. The zero-order chi connectivity index (χ0) is 26.9. The summed E-state index contributed by atoms with van der Waals surface area (Å²) in [5.74, 6) is -1.55. The van der Waals surface area contributed by atoms with Crippen LogP contribution in [0.2, 0.25) is 0 Å². The van der Waals surface area contributed by atoms with Crippen molar-refractivity contribution in [3.8, 4) is 5.75 Å². The topological polar surface area (TPSA) is 98.9 Å². The van der Waals surface area contributed by atoms with Crippen molar-refractivity contribution in [2.45, 2.75) is 38.1 Å². The number of para-hydroxylation sites is 1. The van der Waals surface area contributed by atoms with Crippen LogP contribution in [0, 0.1) is 11.7 Å². The molecule has 3 heterocycles. The van der Waals surface area contributed by atoms with Crippen molar-refractivity contribution in [2.24, 2.45) is 0 Å². The molecule has 198 valence electrons. The molecule has 38 heavy (non-hydrogen) atoms. The van der Waals surface area contributed by atoms with Crippen LogP contribution < -0.4 is 15.0 Å². The van der Waals surface area contributed by atoms with Gasteiger partial charge in [-0.3, -0.25) is 24.9 Å². The molecule has 2 unspecified atom stereocenters. The number of aromatic nitrogens is 4. The fourth-order valence-corrected chi connectivity index (χ4v) is 5.01. The van der Waals surface area contributed by atoms with Crippen molar-refractivity contribution in [2.75, 3.05) is 18.0 Å². The van der Waals surface area contributed by atoms with Crippen LogP contribution in [-0.2, 0) is 11.4 Å². The summed E-state index contributed by atoms with van der Waals surface area (Å²) in [5.41, 5.74) is 2.76. The number of aromatic amines is 2. The first-order valence-corrected chi connectivity index (χ1v) is 12.5. The van der Waals surface area contributed by atoms with Gasteiger partial charge in [0.1, 0.15) is 18.2 Å². The predicted molar refractivity (Wildman–Crippen MR) is 139 cm³/mol. The Morgan fingerprint density at radius 1 is 1.13 bits per heavy atom. The third-order valence-electron chi connectivity index (χ3n) is 6.55. The van der Waals surface area contributed by atoms with Gasteiger partial charge in [-0.15, -0.1) is 0 Å². The van der Waals surface area contributed by atoms with Gasteiger partial charge in [-0.25, -0.2) is 4.98 Å². The molecule has 0 bridgehead atoms. The van der Waals surface area contributed by atoms with Gasteiger partial charge in [0.2, 0.25) is 4.77 Å². The number of anilines is 1. The van der Waals surface area contributed by atoms with Crippen LogP contribution in [0.5, 0.6) is 5.75 Å². The molecule has 0 spiro atoms. The van der Waals surface area contributed by atoms with E-state index in [1.165, 1.54) is 12.1 Å². The van der Waals surface area contributed by atoms with Crippen molar-refractivity contribution in [1.82, 2.24) is 25.5 Å². The van der Waals surface area contributed by atoms with Crippen molar-refractivity contribution in [1.29, 1.82) is 0 Å². The maximum atomic E-state index is 13.7. The number of hydrogen-bond acceptors (Lipinski definition) is 6. The quantitative estimate of drug-likeness (QED) is 0.299. The van der Waals surface area contributed by atoms with Gasteiger partial charge in [-0.1, -0.05) is 18.2 Å². The molecule has 2 aromatic heterocycles. The zero-order valence-corrected chi connectivity index (χ0v) is 21.2. The number of rotatable bonds is 6. The average Bonchev–Trinajstić information content (AvgIpc) is 3.34. The Bertz CT molecular complexity index is 1500. The fraction of sp³-hybridized carbons (Fsp3) is 0.308. The summed E-state index contributed by atoms with van der Waals surface area (Å²) in [6.07, 6.45) is -4.58. The minimum Gasteiger partial charge on any atom is -0.489 e. The molecule has 0 aliphatic carbocycles. The van der Waals surface area contributed by atoms with Crippen LogP contribution in [0.25, 0.3) is 10.9 Å². The summed E-state index contributed by atoms with van der Waals surface area (Å²) in [4.78, 5) is 22.2. The highest BCUT2D eigenvalue weighted by atomic mass is 32.1. The van der Waals surface area contributed by atoms with E-state index >= 15 is 0 Å². The lowest BCUT2D eigenvalue weighted by Crippen LogP contribution is -2.56. The van der Waals surface area contributed by atoms with Crippen molar-refractivity contribution in [3.05, 3.63) is 76.5 Å². The Kier molecular flexibility index (Phi) is 7.17. The molecule has 12 heteroatoms. The molecule has 1 aliphatic heterocycles. The van der Waals surface area contributed by atoms with Crippen LogP contribution in [0.3, 0.4) is 0 Å². The van der Waals surface area contributed by atoms with E-state index in [0.717, 1.165) is 27.1 Å². The van der Waals surface area contributed by atoms with Crippen LogP contribution in [0.15, 0.2) is 54.6 Å². The normalized spacial score (nSPS) is 17.9. The standard InChI is InChI=1S/C26H25F3N6O2S/c1-15-12-16(19-4-2-3-5-21(19)31-15)14-37-18-8-6-17(7-9-18)35(24(36)26(27,28)29)22-13-30-11-10-20(22)23-32-25(38)34-33-23/h2-9,12,20,22,30H,10-11,13-14H2,1H3,(H2,32,33,34,38). The number of aryl methyl sites for hydroxylation is 1. The molecular formula is C26H25F3N6O2S. The van der Waals surface area contributed by atoms with E-state index in [9.17, 15) is 18.0 Å². The Labute approximate surface area is 221 Å². The maximum absolute atomic E-state index is 13.7. The van der Waals surface area contributed by atoms with Crippen LogP contribution >= 0.6 is 12.2 Å². The largest absolute Gasteiger partial charge is 0.489 e. The number of carbonyl (C=O) groups is 1. The maximum Gasteiger partial charge on any atom is 0.471 e. The van der Waals surface area contributed by atoms with Crippen LogP contribution in [-0.4, -0.2) is 51.4 Å². The number of nitrogens with one attached hydrogen (secondary N) is 3. The van der Waals surface area contributed by atoms with E-state index in [4.69, 9.17) is 17.0 Å². The Morgan fingerprint density at radius 3 is 2.61 bits per heavy atom. The average molecular weight is 543 g/mol. The summed E-state index contributed by atoms with van der Waals surface area (Å²) in [6, 6.07) is 14.9. The predicted octanol–water partition coefficient (Wildman–Crippen LogP) is 4.94. The third kappa shape index (κ3) is 5.41. The summed E-state index contributed by atoms with van der Waals surface area (Å²) in [6.45, 7) is 2.88. The summed E-state index contributed by atoms with van der Waals surface area (Å²) < 4.78 is 47.4. The number of pyridine rings is 1. The molecule has 0 saturated carbocycles. The third-order valence-corrected chi connectivity index (χ3v) is 6.75. The first-order chi connectivity index (χ1) is 18.2. The van der Waals surface area contributed by atoms with Crippen molar-refractivity contribution < 1.29 is 22.7 Å². The van der Waals surface area contributed by atoms with Gasteiger partial charge in [0.25, 0.3) is 0 Å². The number of carbonyl (C=O) groups excluding carboxylic acids is 1. The molecule has 3 N–H and O–H groups in total. The van der Waals surface area contributed by atoms with E-state index in [-0.39, 0.29) is 23.6 Å². The summed E-state index contributed by atoms with van der Waals surface area (Å²) in [5, 5.41) is 9.58. The van der Waals surface area contributed by atoms with Crippen LogP contribution in [0.4, 0.5) is 18.9 Å². The molecule has 1 amide bonds. The highest BCUT2D eigenvalue weighted by molar-refractivity contribution is 7.71. The molecular weight excluding hydrogens is 517 g/mol. The fourth-order valence-electron chi connectivity index (χ4n) is 4.86. The highest BCUT2D eigenvalue weighted by Crippen LogP contribution is 2.34. The number of benzene rings is 2. The van der Waals surface area contributed by atoms with E-state index in [0.29, 0.717) is 24.5 Å². The van der Waals surface area contributed by atoms with E-state index in [2.05, 4.69) is 25.5 Å². The molecule has 1 fully saturated rings. The second kappa shape index (κ2) is 10.5. The molecule has 0 radical (unpaired) electrons. The zero-order valence-electron chi connectivity index (χ0n) is 20.4. The highest BCUT2D eigenvalue weighted by Gasteiger charge is 2.48. The summed E-state index contributed by atoms with van der Waals surface area (Å²) >= 11 is 5.03. The number of ether oxygens (including phenoxy) is 1. The van der Waals surface area contributed by atoms with Gasteiger partial charge in [0, 0.05) is 34.8 Å². The van der Waals surface area contributed by atoms with Crippen molar-refractivity contribution in [3.63, 3.8) is 0 Å². The van der Waals surface area contributed by atoms with E-state index in [1.807, 2.05) is 37.3 Å². The van der Waals surface area contributed by atoms with Crippen molar-refractivity contribution >= 4 is 34.7 Å². The Balaban J connectivity index is 1.41. The number of piperidine rings is 1. The van der Waals surface area contributed by atoms with Gasteiger partial charge in [-0.2, -0.15) is 13.2 Å². The monoisotopic (exact) mass is 542 g/mol. The van der Waals surface area contributed by atoms with E-state index in [1.54, 1.807) is 12.1 Å². The van der Waals surface area contributed by atoms with E-state index < -0.39 is 24.0 Å². The number of H-pyrrole nitrogens is 2. The summed E-state index contributed by atoms with van der Waals surface area (Å²) in [7, 11) is 0. The first kappa shape index (κ1) is 25.9. The first-order valence-electron chi connectivity index (χ1n) is 12.0. The lowest BCUT2D eigenvalue weighted by molar-refractivity contribution is -0.171. The molecule has 2 aromatic carbocycles. The molecule has 1 aliphatic rings. The number of amides is 1. The smallest absolute Gasteiger partial charge is 0.471 e. The Hall–Kier alpha value is -3.77. The minimum absolute atomic E-state index is 0.109. The second-order valence-corrected chi connectivity index (χ2v) is 9.50. The number of nitrogens with zero attached hydrogens (tertiary/aromatic N) is 3. The number of alkyl halides is 3.